The molecule has 0 atom stereocenters. The number of hydrogen-bond acceptors (Lipinski definition) is 5. The number of nitrogens with one attached hydrogen (secondary N) is 1. The van der Waals surface area contributed by atoms with Crippen LogP contribution in [0.1, 0.15) is 5.56 Å². The van der Waals surface area contributed by atoms with Crippen molar-refractivity contribution >= 4 is 17.7 Å². The van der Waals surface area contributed by atoms with E-state index in [-0.39, 0.29) is 5.57 Å². The first-order chi connectivity index (χ1) is 11.2. The van der Waals surface area contributed by atoms with Gasteiger partial charge in [0.1, 0.15) is 23.1 Å². The number of nitriles is 1. The third-order valence-electron chi connectivity index (χ3n) is 2.97. The average Bonchev–Trinajstić information content (AvgIpc) is 2.60. The highest BCUT2D eigenvalue weighted by molar-refractivity contribution is 6.09. The number of methoxy groups -OCH3 is 2. The van der Waals surface area contributed by atoms with Crippen LogP contribution in [0, 0.1) is 11.3 Å². The molecule has 23 heavy (non-hydrogen) atoms. The van der Waals surface area contributed by atoms with Gasteiger partial charge in [-0.3, -0.25) is 9.78 Å². The van der Waals surface area contributed by atoms with Gasteiger partial charge in [-0.1, -0.05) is 0 Å². The van der Waals surface area contributed by atoms with Crippen molar-refractivity contribution in [2.45, 2.75) is 0 Å². The maximum Gasteiger partial charge on any atom is 0.266 e. The molecular formula is C17H15N3O3. The Morgan fingerprint density at radius 1 is 1.26 bits per heavy atom. The van der Waals surface area contributed by atoms with Crippen LogP contribution in [0.3, 0.4) is 0 Å². The van der Waals surface area contributed by atoms with E-state index in [9.17, 15) is 10.1 Å². The number of anilines is 1. The first kappa shape index (κ1) is 16.0. The molecule has 0 aliphatic heterocycles. The van der Waals surface area contributed by atoms with Gasteiger partial charge >= 0.3 is 0 Å². The summed E-state index contributed by atoms with van der Waals surface area (Å²) in [7, 11) is 3.06. The fourth-order valence-corrected chi connectivity index (χ4v) is 1.86. The molecule has 0 radical (unpaired) electrons. The van der Waals surface area contributed by atoms with E-state index in [0.717, 1.165) is 0 Å². The van der Waals surface area contributed by atoms with Gasteiger partial charge in [-0.25, -0.2) is 0 Å². The Balaban J connectivity index is 2.28. The average molecular weight is 309 g/mol. The Morgan fingerprint density at radius 2 is 1.96 bits per heavy atom. The maximum atomic E-state index is 12.2. The van der Waals surface area contributed by atoms with E-state index in [1.807, 2.05) is 6.07 Å². The largest absolute Gasteiger partial charge is 0.497 e. The standard InChI is InChI=1S/C17H15N3O3/c1-22-15-7-12(8-16(9-15)23-2)6-13(10-18)17(21)20-14-4-3-5-19-11-14/h3-9,11H,1-2H3,(H,20,21)/b13-6+. The minimum atomic E-state index is -0.512. The molecule has 2 rings (SSSR count). The molecule has 0 bridgehead atoms. The van der Waals surface area contributed by atoms with Crippen LogP contribution in [-0.4, -0.2) is 25.1 Å². The number of hydrogen-bond donors (Lipinski definition) is 1. The van der Waals surface area contributed by atoms with E-state index in [0.29, 0.717) is 22.7 Å². The van der Waals surface area contributed by atoms with Gasteiger partial charge in [-0.05, 0) is 35.9 Å². The number of nitrogens with zero attached hydrogens (tertiary/aromatic N) is 2. The van der Waals surface area contributed by atoms with Gasteiger partial charge in [-0.15, -0.1) is 0 Å². The summed E-state index contributed by atoms with van der Waals surface area (Å²) < 4.78 is 10.3. The van der Waals surface area contributed by atoms with E-state index in [1.165, 1.54) is 26.5 Å². The molecule has 1 aromatic carbocycles. The van der Waals surface area contributed by atoms with Crippen molar-refractivity contribution in [2.24, 2.45) is 0 Å². The summed E-state index contributed by atoms with van der Waals surface area (Å²) in [5.41, 5.74) is 1.10. The molecular weight excluding hydrogens is 294 g/mol. The van der Waals surface area contributed by atoms with Crippen molar-refractivity contribution in [3.63, 3.8) is 0 Å². The lowest BCUT2D eigenvalue weighted by Crippen LogP contribution is -2.13. The zero-order chi connectivity index (χ0) is 16.7. The highest BCUT2D eigenvalue weighted by Gasteiger charge is 2.10. The lowest BCUT2D eigenvalue weighted by atomic mass is 10.1. The Bertz CT molecular complexity index is 742. The van der Waals surface area contributed by atoms with Crippen LogP contribution in [0.4, 0.5) is 5.69 Å². The SMILES string of the molecule is COc1cc(/C=C(\C#N)C(=O)Nc2cccnc2)cc(OC)c1. The van der Waals surface area contributed by atoms with Crippen LogP contribution < -0.4 is 14.8 Å². The number of carbonyl (C=O) groups is 1. The quantitative estimate of drug-likeness (QED) is 0.678. The van der Waals surface area contributed by atoms with Crippen molar-refractivity contribution in [1.29, 1.82) is 5.26 Å². The minimum absolute atomic E-state index is 0.0378. The number of amides is 1. The number of ether oxygens (including phenoxy) is 2. The van der Waals surface area contributed by atoms with E-state index in [1.54, 1.807) is 36.5 Å². The first-order valence-electron chi connectivity index (χ1n) is 6.72. The van der Waals surface area contributed by atoms with Crippen LogP contribution in [0.15, 0.2) is 48.3 Å². The molecule has 0 aliphatic carbocycles. The third kappa shape index (κ3) is 4.32. The Labute approximate surface area is 134 Å². The van der Waals surface area contributed by atoms with Gasteiger partial charge in [0.25, 0.3) is 5.91 Å². The van der Waals surface area contributed by atoms with Crippen molar-refractivity contribution < 1.29 is 14.3 Å². The lowest BCUT2D eigenvalue weighted by Gasteiger charge is -2.07. The Kier molecular flexibility index (Phi) is 5.31. The summed E-state index contributed by atoms with van der Waals surface area (Å²) in [6.45, 7) is 0. The molecule has 0 spiro atoms. The summed E-state index contributed by atoms with van der Waals surface area (Å²) in [5.74, 6) is 0.628. The van der Waals surface area contributed by atoms with Crippen LogP contribution in [-0.2, 0) is 4.79 Å². The molecule has 6 heteroatoms. The monoisotopic (exact) mass is 309 g/mol. The number of aromatic nitrogens is 1. The second-order valence-electron chi connectivity index (χ2n) is 4.51. The van der Waals surface area contributed by atoms with Crippen LogP contribution in [0.5, 0.6) is 11.5 Å². The molecule has 116 valence electrons. The molecule has 6 nitrogen and oxygen atoms in total. The molecule has 0 unspecified atom stereocenters. The highest BCUT2D eigenvalue weighted by atomic mass is 16.5. The van der Waals surface area contributed by atoms with E-state index >= 15 is 0 Å². The topological polar surface area (TPSA) is 84.2 Å². The van der Waals surface area contributed by atoms with Crippen LogP contribution >= 0.6 is 0 Å². The zero-order valence-electron chi connectivity index (χ0n) is 12.7. The highest BCUT2D eigenvalue weighted by Crippen LogP contribution is 2.24. The second kappa shape index (κ2) is 7.61. The summed E-state index contributed by atoms with van der Waals surface area (Å²) in [6, 6.07) is 10.4. The molecule has 2 aromatic rings. The fourth-order valence-electron chi connectivity index (χ4n) is 1.86. The van der Waals surface area contributed by atoms with Gasteiger partial charge in [0.2, 0.25) is 0 Å². The van der Waals surface area contributed by atoms with E-state index in [4.69, 9.17) is 9.47 Å². The van der Waals surface area contributed by atoms with Crippen LogP contribution in [0.25, 0.3) is 6.08 Å². The van der Waals surface area contributed by atoms with Gasteiger partial charge in [0, 0.05) is 12.3 Å². The third-order valence-corrected chi connectivity index (χ3v) is 2.97. The zero-order valence-corrected chi connectivity index (χ0v) is 12.7. The van der Waals surface area contributed by atoms with Crippen molar-refractivity contribution in [1.82, 2.24) is 4.98 Å². The summed E-state index contributed by atoms with van der Waals surface area (Å²) >= 11 is 0. The number of carbonyl (C=O) groups excluding carboxylic acids is 1. The van der Waals surface area contributed by atoms with Crippen LogP contribution in [0.2, 0.25) is 0 Å². The van der Waals surface area contributed by atoms with Gasteiger partial charge in [0.15, 0.2) is 0 Å². The molecule has 0 fully saturated rings. The molecule has 1 heterocycles. The van der Waals surface area contributed by atoms with Crippen molar-refractivity contribution in [3.8, 4) is 17.6 Å². The normalized spacial score (nSPS) is 10.6. The smallest absolute Gasteiger partial charge is 0.266 e. The molecule has 1 amide bonds. The number of benzene rings is 1. The van der Waals surface area contributed by atoms with E-state index in [2.05, 4.69) is 10.3 Å². The fraction of sp³-hybridized carbons (Fsp3) is 0.118. The number of rotatable bonds is 5. The molecule has 1 aromatic heterocycles. The Morgan fingerprint density at radius 3 is 2.48 bits per heavy atom. The predicted octanol–water partition coefficient (Wildman–Crippen LogP) is 2.64. The summed E-state index contributed by atoms with van der Waals surface area (Å²) in [4.78, 5) is 16.1. The van der Waals surface area contributed by atoms with Crippen molar-refractivity contribution in [2.75, 3.05) is 19.5 Å². The molecule has 1 N–H and O–H groups in total. The molecule has 0 saturated heterocycles. The first-order valence-corrected chi connectivity index (χ1v) is 6.72. The number of pyridine rings is 1. The Hall–Kier alpha value is -3.33. The lowest BCUT2D eigenvalue weighted by molar-refractivity contribution is -0.112. The van der Waals surface area contributed by atoms with Gasteiger partial charge in [0.05, 0.1) is 26.1 Å². The maximum absolute atomic E-state index is 12.2. The predicted molar refractivity (Wildman–Crippen MR) is 86.0 cm³/mol. The minimum Gasteiger partial charge on any atom is -0.497 e. The summed E-state index contributed by atoms with van der Waals surface area (Å²) in [6.07, 6.45) is 4.57. The van der Waals surface area contributed by atoms with Gasteiger partial charge < -0.3 is 14.8 Å². The summed E-state index contributed by atoms with van der Waals surface area (Å²) in [5, 5.41) is 11.8. The molecule has 0 saturated carbocycles. The van der Waals surface area contributed by atoms with Gasteiger partial charge in [-0.2, -0.15) is 5.26 Å². The second-order valence-corrected chi connectivity index (χ2v) is 4.51. The van der Waals surface area contributed by atoms with Crippen molar-refractivity contribution in [3.05, 3.63) is 53.9 Å². The molecule has 0 aliphatic rings. The van der Waals surface area contributed by atoms with E-state index < -0.39 is 5.91 Å².